The fourth-order valence-electron chi connectivity index (χ4n) is 2.73. The third-order valence-corrected chi connectivity index (χ3v) is 3.98. The van der Waals surface area contributed by atoms with Crippen molar-refractivity contribution in [1.29, 1.82) is 0 Å². The summed E-state index contributed by atoms with van der Waals surface area (Å²) in [7, 11) is 0. The van der Waals surface area contributed by atoms with Gasteiger partial charge in [0.05, 0.1) is 6.54 Å². The van der Waals surface area contributed by atoms with Crippen molar-refractivity contribution in [2.45, 2.75) is 6.54 Å². The third-order valence-electron chi connectivity index (χ3n) is 3.98. The van der Waals surface area contributed by atoms with Gasteiger partial charge < -0.3 is 8.98 Å². The normalized spacial score (nSPS) is 10.7. The molecule has 4 aromatic rings. The van der Waals surface area contributed by atoms with Gasteiger partial charge in [-0.15, -0.1) is 10.2 Å². The molecule has 0 aliphatic heterocycles. The smallest absolute Gasteiger partial charge is 0.185 e. The van der Waals surface area contributed by atoms with Crippen molar-refractivity contribution in [1.82, 2.24) is 14.8 Å². The van der Waals surface area contributed by atoms with E-state index in [1.165, 1.54) is 5.56 Å². The average molecular weight is 329 g/mol. The molecule has 0 aliphatic carbocycles. The Hall–Kier alpha value is -3.47. The van der Waals surface area contributed by atoms with E-state index in [0.29, 0.717) is 24.4 Å². The molecule has 0 saturated carbocycles. The van der Waals surface area contributed by atoms with E-state index in [2.05, 4.69) is 22.3 Å². The van der Waals surface area contributed by atoms with Crippen LogP contribution in [0.25, 0.3) is 22.7 Å². The number of benzene rings is 2. The van der Waals surface area contributed by atoms with Crippen molar-refractivity contribution in [2.75, 3.05) is 0 Å². The molecule has 4 rings (SSSR count). The van der Waals surface area contributed by atoms with Gasteiger partial charge in [0, 0.05) is 11.1 Å². The average Bonchev–Trinajstić information content (AvgIpc) is 3.32. The molecule has 2 aromatic carbocycles. The van der Waals surface area contributed by atoms with Gasteiger partial charge in [0.1, 0.15) is 12.1 Å². The minimum absolute atomic E-state index is 0.321. The lowest BCUT2D eigenvalue weighted by molar-refractivity contribution is 0.110. The SMILES string of the molecule is O=Cc1ccc(-c2ccc(-c3nncn3Cc3ccccc3)cc2)o1. The van der Waals surface area contributed by atoms with Crippen LogP contribution in [0.2, 0.25) is 0 Å². The number of carbonyl (C=O) groups excluding carboxylic acids is 1. The molecule has 0 amide bonds. The van der Waals surface area contributed by atoms with Gasteiger partial charge >= 0.3 is 0 Å². The lowest BCUT2D eigenvalue weighted by atomic mass is 10.1. The second kappa shape index (κ2) is 6.57. The summed E-state index contributed by atoms with van der Waals surface area (Å²) in [4.78, 5) is 10.7. The summed E-state index contributed by atoms with van der Waals surface area (Å²) in [6.07, 6.45) is 2.43. The van der Waals surface area contributed by atoms with Gasteiger partial charge in [0.25, 0.3) is 0 Å². The third kappa shape index (κ3) is 3.12. The Kier molecular flexibility index (Phi) is 3.96. The van der Waals surface area contributed by atoms with Gasteiger partial charge in [-0.25, -0.2) is 0 Å². The molecular formula is C20H15N3O2. The molecule has 0 N–H and O–H groups in total. The molecule has 0 aliphatic rings. The zero-order valence-electron chi connectivity index (χ0n) is 13.4. The maximum absolute atomic E-state index is 10.7. The van der Waals surface area contributed by atoms with E-state index in [1.807, 2.05) is 47.0 Å². The summed E-state index contributed by atoms with van der Waals surface area (Å²) < 4.78 is 7.47. The monoisotopic (exact) mass is 329 g/mol. The molecule has 5 nitrogen and oxygen atoms in total. The summed E-state index contributed by atoms with van der Waals surface area (Å²) in [6, 6.07) is 21.5. The van der Waals surface area contributed by atoms with Crippen molar-refractivity contribution in [3.05, 3.63) is 84.4 Å². The quantitative estimate of drug-likeness (QED) is 0.518. The Bertz CT molecular complexity index is 985. The van der Waals surface area contributed by atoms with E-state index in [4.69, 9.17) is 4.42 Å². The molecule has 2 heterocycles. The molecule has 0 unspecified atom stereocenters. The van der Waals surface area contributed by atoms with Crippen LogP contribution in [0.3, 0.4) is 0 Å². The minimum atomic E-state index is 0.321. The molecule has 0 radical (unpaired) electrons. The van der Waals surface area contributed by atoms with Crippen molar-refractivity contribution in [2.24, 2.45) is 0 Å². The highest BCUT2D eigenvalue weighted by molar-refractivity contribution is 5.73. The molecule has 0 saturated heterocycles. The molecule has 0 fully saturated rings. The zero-order chi connectivity index (χ0) is 17.1. The lowest BCUT2D eigenvalue weighted by Gasteiger charge is -2.07. The second-order valence-corrected chi connectivity index (χ2v) is 5.67. The Morgan fingerprint density at radius 1 is 0.920 bits per heavy atom. The maximum atomic E-state index is 10.7. The topological polar surface area (TPSA) is 60.9 Å². The summed E-state index contributed by atoms with van der Waals surface area (Å²) in [5, 5.41) is 8.29. The van der Waals surface area contributed by atoms with Gasteiger partial charge in [-0.2, -0.15) is 0 Å². The fraction of sp³-hybridized carbons (Fsp3) is 0.0500. The summed E-state index contributed by atoms with van der Waals surface area (Å²) in [6.45, 7) is 0.714. The highest BCUT2D eigenvalue weighted by Gasteiger charge is 2.09. The number of furan rings is 1. The van der Waals surface area contributed by atoms with E-state index in [9.17, 15) is 4.79 Å². The van der Waals surface area contributed by atoms with E-state index < -0.39 is 0 Å². The Labute approximate surface area is 144 Å². The number of aromatic nitrogens is 3. The molecule has 0 spiro atoms. The summed E-state index contributed by atoms with van der Waals surface area (Å²) in [5.74, 6) is 1.80. The maximum Gasteiger partial charge on any atom is 0.185 e. The Morgan fingerprint density at radius 3 is 2.40 bits per heavy atom. The van der Waals surface area contributed by atoms with E-state index in [0.717, 1.165) is 17.0 Å². The van der Waals surface area contributed by atoms with Crippen LogP contribution < -0.4 is 0 Å². The first-order valence-electron chi connectivity index (χ1n) is 7.91. The van der Waals surface area contributed by atoms with Crippen LogP contribution in [0.5, 0.6) is 0 Å². The van der Waals surface area contributed by atoms with E-state index in [-0.39, 0.29) is 0 Å². The van der Waals surface area contributed by atoms with Crippen LogP contribution in [0, 0.1) is 0 Å². The van der Waals surface area contributed by atoms with Crippen LogP contribution in [-0.4, -0.2) is 21.1 Å². The Morgan fingerprint density at radius 2 is 1.68 bits per heavy atom. The van der Waals surface area contributed by atoms with Crippen LogP contribution in [-0.2, 0) is 6.54 Å². The number of hydrogen-bond donors (Lipinski definition) is 0. The number of carbonyl (C=O) groups is 1. The van der Waals surface area contributed by atoms with Crippen LogP contribution in [0.1, 0.15) is 16.1 Å². The molecule has 0 atom stereocenters. The molecule has 5 heteroatoms. The van der Waals surface area contributed by atoms with Crippen molar-refractivity contribution in [3.8, 4) is 22.7 Å². The largest absolute Gasteiger partial charge is 0.453 e. The van der Waals surface area contributed by atoms with Crippen LogP contribution in [0.15, 0.2) is 77.5 Å². The van der Waals surface area contributed by atoms with Gasteiger partial charge in [-0.3, -0.25) is 4.79 Å². The first-order chi connectivity index (χ1) is 12.3. The van der Waals surface area contributed by atoms with Crippen molar-refractivity contribution < 1.29 is 9.21 Å². The minimum Gasteiger partial charge on any atom is -0.453 e. The summed E-state index contributed by atoms with van der Waals surface area (Å²) >= 11 is 0. The lowest BCUT2D eigenvalue weighted by Crippen LogP contribution is -2.00. The van der Waals surface area contributed by atoms with Gasteiger partial charge in [0.2, 0.25) is 0 Å². The fourth-order valence-corrected chi connectivity index (χ4v) is 2.73. The zero-order valence-corrected chi connectivity index (χ0v) is 13.4. The van der Waals surface area contributed by atoms with Gasteiger partial charge in [0.15, 0.2) is 17.9 Å². The molecule has 2 aromatic heterocycles. The number of nitrogens with zero attached hydrogens (tertiary/aromatic N) is 3. The first kappa shape index (κ1) is 15.1. The van der Waals surface area contributed by atoms with Crippen molar-refractivity contribution >= 4 is 6.29 Å². The Balaban J connectivity index is 1.60. The molecular weight excluding hydrogens is 314 g/mol. The number of aldehydes is 1. The summed E-state index contributed by atoms with van der Waals surface area (Å²) in [5.41, 5.74) is 3.07. The molecule has 0 bridgehead atoms. The van der Waals surface area contributed by atoms with Crippen LogP contribution in [0.4, 0.5) is 0 Å². The first-order valence-corrected chi connectivity index (χ1v) is 7.91. The standard InChI is InChI=1S/C20H15N3O2/c24-13-18-10-11-19(25-18)16-6-8-17(9-7-16)20-22-21-14-23(20)12-15-4-2-1-3-5-15/h1-11,13-14H,12H2. The van der Waals surface area contributed by atoms with Crippen LogP contribution >= 0.6 is 0 Å². The molecule has 25 heavy (non-hydrogen) atoms. The molecule has 122 valence electrons. The van der Waals surface area contributed by atoms with Crippen molar-refractivity contribution in [3.63, 3.8) is 0 Å². The van der Waals surface area contributed by atoms with E-state index in [1.54, 1.807) is 18.5 Å². The number of hydrogen-bond acceptors (Lipinski definition) is 4. The number of rotatable bonds is 5. The highest BCUT2D eigenvalue weighted by atomic mass is 16.3. The van der Waals surface area contributed by atoms with Gasteiger partial charge in [-0.05, 0) is 17.7 Å². The highest BCUT2D eigenvalue weighted by Crippen LogP contribution is 2.25. The van der Waals surface area contributed by atoms with Gasteiger partial charge in [-0.1, -0.05) is 54.6 Å². The second-order valence-electron chi connectivity index (χ2n) is 5.67. The van der Waals surface area contributed by atoms with E-state index >= 15 is 0 Å². The predicted octanol–water partition coefficient (Wildman–Crippen LogP) is 4.07. The predicted molar refractivity (Wildman–Crippen MR) is 94.1 cm³/mol.